The number of aromatic nitrogens is 1. The minimum atomic E-state index is -3.48. The average Bonchev–Trinajstić information content (AvgIpc) is 3.34. The molecule has 0 amide bonds. The van der Waals surface area contributed by atoms with Crippen LogP contribution >= 0.6 is 0 Å². The number of aromatic amines is 1. The lowest BCUT2D eigenvalue weighted by molar-refractivity contribution is 0.373. The number of allylic oxidation sites excluding steroid dienone is 3. The summed E-state index contributed by atoms with van der Waals surface area (Å²) in [4.78, 5) is 3.42. The molecule has 150 valence electrons. The van der Waals surface area contributed by atoms with E-state index >= 15 is 0 Å². The summed E-state index contributed by atoms with van der Waals surface area (Å²) in [7, 11) is -1.53. The maximum atomic E-state index is 12.8. The number of fused-ring (bicyclic) bond motifs is 1. The zero-order chi connectivity index (χ0) is 20.6. The number of nitrogens with one attached hydrogen (secondary N) is 3. The van der Waals surface area contributed by atoms with Gasteiger partial charge in [0.15, 0.2) is 9.84 Å². The molecule has 0 spiro atoms. The first-order chi connectivity index (χ1) is 13.9. The molecule has 1 aromatic carbocycles. The number of nitriles is 1. The van der Waals surface area contributed by atoms with Gasteiger partial charge in [0.25, 0.3) is 0 Å². The minimum Gasteiger partial charge on any atom is -0.370 e. The van der Waals surface area contributed by atoms with Crippen molar-refractivity contribution in [3.05, 3.63) is 64.4 Å². The summed E-state index contributed by atoms with van der Waals surface area (Å²) in [6, 6.07) is 5.89. The first-order valence-electron chi connectivity index (χ1n) is 9.42. The Hall–Kier alpha value is -3.02. The third-order valence-corrected chi connectivity index (χ3v) is 6.96. The number of anilines is 1. The average molecular weight is 410 g/mol. The second kappa shape index (κ2) is 7.43. The normalized spacial score (nSPS) is 19.2. The molecule has 29 heavy (non-hydrogen) atoms. The van der Waals surface area contributed by atoms with Crippen LogP contribution in [0.1, 0.15) is 17.5 Å². The molecule has 3 N–H and O–H groups in total. The molecule has 2 heterocycles. The topological polar surface area (TPSA) is 101 Å². The molecule has 0 saturated heterocycles. The first kappa shape index (κ1) is 19.3. The van der Waals surface area contributed by atoms with Crippen LogP contribution in [0.2, 0.25) is 0 Å². The smallest absolute Gasteiger partial charge is 0.195 e. The fourth-order valence-electron chi connectivity index (χ4n) is 3.80. The number of rotatable bonds is 5. The van der Waals surface area contributed by atoms with Gasteiger partial charge in [-0.15, -0.1) is 0 Å². The van der Waals surface area contributed by atoms with Gasteiger partial charge in [0, 0.05) is 37.3 Å². The zero-order valence-corrected chi connectivity index (χ0v) is 17.2. The van der Waals surface area contributed by atoms with Gasteiger partial charge in [0.1, 0.15) is 11.9 Å². The van der Waals surface area contributed by atoms with E-state index in [2.05, 4.69) is 28.0 Å². The van der Waals surface area contributed by atoms with Crippen LogP contribution in [0, 0.1) is 24.2 Å². The summed E-state index contributed by atoms with van der Waals surface area (Å²) in [5.41, 5.74) is 7.38. The van der Waals surface area contributed by atoms with Gasteiger partial charge in [-0.2, -0.15) is 5.26 Å². The number of sulfone groups is 1. The number of hydrogen-bond donors (Lipinski definition) is 3. The fraction of sp³-hybridized carbons (Fsp3) is 0.286. The van der Waals surface area contributed by atoms with E-state index in [1.165, 1.54) is 5.57 Å². The standard InChI is InChI=1S/C21H23N5O2S/c1-14-3-8-19(21-20(14)16(9-22)10-23-21)24-13-29(27,28)18-6-4-15(5-7-18)17-11-25-26(2)12-17/h3-4,6-8,10,12,15,23-25H,5,11,13H2,1-2H3. The van der Waals surface area contributed by atoms with E-state index in [0.717, 1.165) is 23.0 Å². The van der Waals surface area contributed by atoms with Crippen molar-refractivity contribution in [3.63, 3.8) is 0 Å². The predicted octanol–water partition coefficient (Wildman–Crippen LogP) is 2.93. The highest BCUT2D eigenvalue weighted by atomic mass is 32.2. The first-order valence-corrected chi connectivity index (χ1v) is 11.1. The summed E-state index contributed by atoms with van der Waals surface area (Å²) in [5, 5.41) is 15.0. The van der Waals surface area contributed by atoms with Crippen molar-refractivity contribution in [1.29, 1.82) is 5.26 Å². The number of benzene rings is 1. The van der Waals surface area contributed by atoms with Gasteiger partial charge in [-0.05, 0) is 36.6 Å². The molecule has 1 unspecified atom stereocenters. The molecular formula is C21H23N5O2S. The Morgan fingerprint density at radius 2 is 2.21 bits per heavy atom. The van der Waals surface area contributed by atoms with E-state index in [4.69, 9.17) is 0 Å². The summed E-state index contributed by atoms with van der Waals surface area (Å²) in [6.07, 6.45) is 9.84. The molecule has 2 aromatic rings. The summed E-state index contributed by atoms with van der Waals surface area (Å²) >= 11 is 0. The lowest BCUT2D eigenvalue weighted by atomic mass is 9.93. The summed E-state index contributed by atoms with van der Waals surface area (Å²) in [5.74, 6) is 0.0132. The van der Waals surface area contributed by atoms with Crippen molar-refractivity contribution in [1.82, 2.24) is 15.4 Å². The highest BCUT2D eigenvalue weighted by Crippen LogP contribution is 2.30. The highest BCUT2D eigenvalue weighted by molar-refractivity contribution is 7.95. The van der Waals surface area contributed by atoms with E-state index in [1.54, 1.807) is 18.3 Å². The largest absolute Gasteiger partial charge is 0.370 e. The number of hydrogen-bond acceptors (Lipinski definition) is 6. The fourth-order valence-corrected chi connectivity index (χ4v) is 4.95. The lowest BCUT2D eigenvalue weighted by Crippen LogP contribution is -2.24. The van der Waals surface area contributed by atoms with Gasteiger partial charge < -0.3 is 15.3 Å². The van der Waals surface area contributed by atoms with E-state index in [1.807, 2.05) is 37.2 Å². The van der Waals surface area contributed by atoms with Crippen LogP contribution in [-0.2, 0) is 9.84 Å². The van der Waals surface area contributed by atoms with Crippen molar-refractivity contribution in [2.75, 3.05) is 24.8 Å². The Morgan fingerprint density at radius 1 is 1.38 bits per heavy atom. The Labute approximate surface area is 170 Å². The molecule has 0 bridgehead atoms. The van der Waals surface area contributed by atoms with Gasteiger partial charge in [-0.1, -0.05) is 18.2 Å². The van der Waals surface area contributed by atoms with Gasteiger partial charge in [-0.25, -0.2) is 13.8 Å². The van der Waals surface area contributed by atoms with E-state index in [9.17, 15) is 13.7 Å². The third kappa shape index (κ3) is 3.67. The minimum absolute atomic E-state index is 0.208. The molecule has 4 rings (SSSR count). The van der Waals surface area contributed by atoms with Crippen LogP contribution in [0.4, 0.5) is 5.69 Å². The van der Waals surface area contributed by atoms with E-state index in [-0.39, 0.29) is 11.8 Å². The number of nitrogens with zero attached hydrogens (tertiary/aromatic N) is 2. The zero-order valence-electron chi connectivity index (χ0n) is 16.4. The highest BCUT2D eigenvalue weighted by Gasteiger charge is 2.23. The van der Waals surface area contributed by atoms with Crippen molar-refractivity contribution in [2.45, 2.75) is 13.3 Å². The molecule has 1 aliphatic carbocycles. The monoisotopic (exact) mass is 409 g/mol. The molecule has 1 atom stereocenters. The van der Waals surface area contributed by atoms with Gasteiger partial charge in [0.05, 0.1) is 21.7 Å². The molecule has 2 aliphatic rings. The molecule has 0 fully saturated rings. The second-order valence-corrected chi connectivity index (χ2v) is 9.38. The number of hydrazine groups is 1. The van der Waals surface area contributed by atoms with Crippen molar-refractivity contribution >= 4 is 26.4 Å². The molecule has 1 aromatic heterocycles. The number of H-pyrrole nitrogens is 1. The van der Waals surface area contributed by atoms with Crippen LogP contribution < -0.4 is 10.7 Å². The Bertz CT molecular complexity index is 1200. The Balaban J connectivity index is 1.49. The third-order valence-electron chi connectivity index (χ3n) is 5.41. The SMILES string of the molecule is Cc1ccc(NCS(=O)(=O)C2=CCC(C3=CN(C)NC3)C=C2)c2[nH]cc(C#N)c12. The van der Waals surface area contributed by atoms with Crippen molar-refractivity contribution in [3.8, 4) is 6.07 Å². The van der Waals surface area contributed by atoms with Gasteiger partial charge in [-0.3, -0.25) is 0 Å². The summed E-state index contributed by atoms with van der Waals surface area (Å²) in [6.45, 7) is 2.71. The molecule has 0 radical (unpaired) electrons. The van der Waals surface area contributed by atoms with Crippen molar-refractivity contribution < 1.29 is 8.42 Å². The van der Waals surface area contributed by atoms with Crippen molar-refractivity contribution in [2.24, 2.45) is 5.92 Å². The predicted molar refractivity (Wildman–Crippen MR) is 114 cm³/mol. The maximum absolute atomic E-state index is 12.8. The van der Waals surface area contributed by atoms with Crippen LogP contribution in [0.15, 0.2) is 53.2 Å². The Morgan fingerprint density at radius 3 is 2.86 bits per heavy atom. The molecule has 8 heteroatoms. The molecule has 1 aliphatic heterocycles. The lowest BCUT2D eigenvalue weighted by Gasteiger charge is -2.17. The van der Waals surface area contributed by atoms with Crippen LogP contribution in [0.25, 0.3) is 10.9 Å². The molecular weight excluding hydrogens is 386 g/mol. The molecule has 7 nitrogen and oxygen atoms in total. The van der Waals surface area contributed by atoms with Crippen LogP contribution in [0.5, 0.6) is 0 Å². The quantitative estimate of drug-likeness (QED) is 0.702. The van der Waals surface area contributed by atoms with E-state index in [0.29, 0.717) is 22.6 Å². The van der Waals surface area contributed by atoms with E-state index < -0.39 is 9.84 Å². The van der Waals surface area contributed by atoms with Gasteiger partial charge >= 0.3 is 0 Å². The van der Waals surface area contributed by atoms with Gasteiger partial charge in [0.2, 0.25) is 0 Å². The second-order valence-electron chi connectivity index (χ2n) is 7.39. The van der Waals surface area contributed by atoms with Crippen LogP contribution in [0.3, 0.4) is 0 Å². The number of aryl methyl sites for hydroxylation is 1. The summed E-state index contributed by atoms with van der Waals surface area (Å²) < 4.78 is 25.6. The Kier molecular flexibility index (Phi) is 4.94. The molecule has 0 saturated carbocycles. The van der Waals surface area contributed by atoms with Crippen LogP contribution in [-0.4, -0.2) is 37.9 Å². The maximum Gasteiger partial charge on any atom is 0.195 e.